The smallest absolute Gasteiger partial charge is 0.195 e. The zero-order chi connectivity index (χ0) is 12.4. The van der Waals surface area contributed by atoms with Crippen molar-refractivity contribution in [2.45, 2.75) is 25.8 Å². The van der Waals surface area contributed by atoms with Crippen LogP contribution in [0.2, 0.25) is 0 Å². The predicted octanol–water partition coefficient (Wildman–Crippen LogP) is 2.62. The van der Waals surface area contributed by atoms with Gasteiger partial charge in [-0.2, -0.15) is 0 Å². The van der Waals surface area contributed by atoms with E-state index in [-0.39, 0.29) is 11.6 Å². The summed E-state index contributed by atoms with van der Waals surface area (Å²) in [4.78, 5) is 14.7. The Hall–Kier alpha value is -1.68. The van der Waals surface area contributed by atoms with Crippen LogP contribution in [0.1, 0.15) is 30.3 Å². The summed E-state index contributed by atoms with van der Waals surface area (Å²) in [5.74, 6) is -0.520. The third kappa shape index (κ3) is 2.22. The standard InChI is InChI=1S/C13H15FN2O/c1-2-4-10(15)13(17)11-7-8-5-3-6-9(14)12(8)16-11/h3,5-7,10,16H,2,4,15H2,1H3. The van der Waals surface area contributed by atoms with E-state index in [9.17, 15) is 9.18 Å². The second-order valence-corrected chi connectivity index (χ2v) is 4.15. The number of rotatable bonds is 4. The molecule has 0 bridgehead atoms. The molecule has 0 aliphatic rings. The number of benzene rings is 1. The Morgan fingerprint density at radius 2 is 2.29 bits per heavy atom. The van der Waals surface area contributed by atoms with Gasteiger partial charge in [-0.15, -0.1) is 0 Å². The minimum absolute atomic E-state index is 0.164. The molecule has 0 saturated heterocycles. The maximum absolute atomic E-state index is 13.4. The molecule has 1 atom stereocenters. The molecule has 1 aromatic carbocycles. The molecular weight excluding hydrogens is 219 g/mol. The van der Waals surface area contributed by atoms with Gasteiger partial charge >= 0.3 is 0 Å². The average Bonchev–Trinajstić information content (AvgIpc) is 2.73. The number of halogens is 1. The van der Waals surface area contributed by atoms with Crippen molar-refractivity contribution in [3.05, 3.63) is 35.8 Å². The summed E-state index contributed by atoms with van der Waals surface area (Å²) in [5.41, 5.74) is 6.50. The summed E-state index contributed by atoms with van der Waals surface area (Å²) < 4.78 is 13.4. The highest BCUT2D eigenvalue weighted by Gasteiger charge is 2.17. The first-order valence-electron chi connectivity index (χ1n) is 5.70. The van der Waals surface area contributed by atoms with Crippen molar-refractivity contribution in [3.63, 3.8) is 0 Å². The molecule has 0 amide bonds. The van der Waals surface area contributed by atoms with Crippen molar-refractivity contribution >= 4 is 16.7 Å². The Labute approximate surface area is 98.8 Å². The molecule has 3 nitrogen and oxygen atoms in total. The number of ketones is 1. The lowest BCUT2D eigenvalue weighted by molar-refractivity contribution is 0.0952. The molecular formula is C13H15FN2O. The number of Topliss-reactive ketones (excluding diaryl/α,β-unsaturated/α-hetero) is 1. The van der Waals surface area contributed by atoms with E-state index >= 15 is 0 Å². The van der Waals surface area contributed by atoms with Crippen LogP contribution in [-0.4, -0.2) is 16.8 Å². The number of nitrogens with two attached hydrogens (primary N) is 1. The first-order valence-corrected chi connectivity index (χ1v) is 5.70. The Balaban J connectivity index is 2.37. The van der Waals surface area contributed by atoms with E-state index in [0.717, 1.165) is 6.42 Å². The van der Waals surface area contributed by atoms with Crippen molar-refractivity contribution in [2.75, 3.05) is 0 Å². The van der Waals surface area contributed by atoms with Crippen LogP contribution in [0, 0.1) is 5.82 Å². The zero-order valence-electron chi connectivity index (χ0n) is 9.66. The highest BCUT2D eigenvalue weighted by molar-refractivity contribution is 6.02. The summed E-state index contributed by atoms with van der Waals surface area (Å²) in [6, 6.07) is 5.87. The summed E-state index contributed by atoms with van der Waals surface area (Å²) in [6.45, 7) is 1.97. The summed E-state index contributed by atoms with van der Waals surface area (Å²) in [5, 5.41) is 0.692. The average molecular weight is 234 g/mol. The largest absolute Gasteiger partial charge is 0.350 e. The second-order valence-electron chi connectivity index (χ2n) is 4.15. The molecule has 17 heavy (non-hydrogen) atoms. The van der Waals surface area contributed by atoms with Gasteiger partial charge in [0.05, 0.1) is 17.3 Å². The molecule has 0 aliphatic carbocycles. The van der Waals surface area contributed by atoms with Crippen molar-refractivity contribution in [2.24, 2.45) is 5.73 Å². The van der Waals surface area contributed by atoms with E-state index in [1.807, 2.05) is 6.92 Å². The third-order valence-corrected chi connectivity index (χ3v) is 2.81. The van der Waals surface area contributed by atoms with E-state index < -0.39 is 6.04 Å². The van der Waals surface area contributed by atoms with E-state index in [2.05, 4.69) is 4.98 Å². The normalized spacial score (nSPS) is 12.9. The molecule has 3 N–H and O–H groups in total. The fraction of sp³-hybridized carbons (Fsp3) is 0.308. The minimum atomic E-state index is -0.517. The van der Waals surface area contributed by atoms with E-state index in [1.54, 1.807) is 18.2 Å². The number of carbonyl (C=O) groups excluding carboxylic acids is 1. The summed E-state index contributed by atoms with van der Waals surface area (Å²) in [6.07, 6.45) is 1.48. The fourth-order valence-corrected chi connectivity index (χ4v) is 1.89. The first kappa shape index (κ1) is 11.8. The predicted molar refractivity (Wildman–Crippen MR) is 65.5 cm³/mol. The molecule has 2 aromatic rings. The number of aromatic nitrogens is 1. The highest BCUT2D eigenvalue weighted by Crippen LogP contribution is 2.19. The van der Waals surface area contributed by atoms with Gasteiger partial charge in [0, 0.05) is 5.39 Å². The van der Waals surface area contributed by atoms with Gasteiger partial charge in [0.25, 0.3) is 0 Å². The topological polar surface area (TPSA) is 58.9 Å². The molecule has 0 radical (unpaired) electrons. The van der Waals surface area contributed by atoms with Crippen molar-refractivity contribution in [1.82, 2.24) is 4.98 Å². The second kappa shape index (κ2) is 4.67. The summed E-state index contributed by atoms with van der Waals surface area (Å²) in [7, 11) is 0. The molecule has 0 spiro atoms. The maximum Gasteiger partial charge on any atom is 0.195 e. The van der Waals surface area contributed by atoms with Crippen molar-refractivity contribution in [3.8, 4) is 0 Å². The number of H-pyrrole nitrogens is 1. The lowest BCUT2D eigenvalue weighted by Crippen LogP contribution is -2.30. The molecule has 4 heteroatoms. The molecule has 0 aliphatic heterocycles. The van der Waals surface area contributed by atoms with Gasteiger partial charge in [0.15, 0.2) is 5.78 Å². The lowest BCUT2D eigenvalue weighted by Gasteiger charge is -2.06. The Morgan fingerprint density at radius 1 is 1.53 bits per heavy atom. The van der Waals surface area contributed by atoms with Gasteiger partial charge in [-0.05, 0) is 18.6 Å². The van der Waals surface area contributed by atoms with E-state index in [4.69, 9.17) is 5.73 Å². The zero-order valence-corrected chi connectivity index (χ0v) is 9.66. The monoisotopic (exact) mass is 234 g/mol. The summed E-state index contributed by atoms with van der Waals surface area (Å²) >= 11 is 0. The number of hydrogen-bond acceptors (Lipinski definition) is 2. The molecule has 0 saturated carbocycles. The molecule has 1 unspecified atom stereocenters. The van der Waals surface area contributed by atoms with Gasteiger partial charge in [0.1, 0.15) is 5.82 Å². The van der Waals surface area contributed by atoms with E-state index in [0.29, 0.717) is 23.0 Å². The van der Waals surface area contributed by atoms with Crippen LogP contribution in [0.5, 0.6) is 0 Å². The molecule has 90 valence electrons. The number of hydrogen-bond donors (Lipinski definition) is 2. The number of para-hydroxylation sites is 1. The van der Waals surface area contributed by atoms with Gasteiger partial charge in [-0.3, -0.25) is 4.79 Å². The van der Waals surface area contributed by atoms with Crippen LogP contribution < -0.4 is 5.73 Å². The van der Waals surface area contributed by atoms with Crippen LogP contribution in [0.3, 0.4) is 0 Å². The number of carbonyl (C=O) groups is 1. The SMILES string of the molecule is CCCC(N)C(=O)c1cc2cccc(F)c2[nH]1. The fourth-order valence-electron chi connectivity index (χ4n) is 1.89. The van der Waals surface area contributed by atoms with Gasteiger partial charge in [-0.25, -0.2) is 4.39 Å². The number of aromatic amines is 1. The highest BCUT2D eigenvalue weighted by atomic mass is 19.1. The van der Waals surface area contributed by atoms with Gasteiger partial charge in [0.2, 0.25) is 0 Å². The van der Waals surface area contributed by atoms with Crippen LogP contribution in [-0.2, 0) is 0 Å². The van der Waals surface area contributed by atoms with Crippen LogP contribution in [0.15, 0.2) is 24.3 Å². The molecule has 1 aromatic heterocycles. The Kier molecular flexibility index (Phi) is 3.24. The lowest BCUT2D eigenvalue weighted by atomic mass is 10.1. The minimum Gasteiger partial charge on any atom is -0.350 e. The van der Waals surface area contributed by atoms with Crippen LogP contribution >= 0.6 is 0 Å². The van der Waals surface area contributed by atoms with Crippen molar-refractivity contribution < 1.29 is 9.18 Å². The third-order valence-electron chi connectivity index (χ3n) is 2.81. The van der Waals surface area contributed by atoms with Gasteiger partial charge < -0.3 is 10.7 Å². The Bertz CT molecular complexity index is 547. The molecule has 0 fully saturated rings. The first-order chi connectivity index (χ1) is 8.13. The number of fused-ring (bicyclic) bond motifs is 1. The Morgan fingerprint density at radius 3 is 2.94 bits per heavy atom. The number of nitrogens with one attached hydrogen (secondary N) is 1. The molecule has 2 rings (SSSR count). The van der Waals surface area contributed by atoms with Crippen LogP contribution in [0.4, 0.5) is 4.39 Å². The van der Waals surface area contributed by atoms with E-state index in [1.165, 1.54) is 6.07 Å². The quantitative estimate of drug-likeness (QED) is 0.799. The van der Waals surface area contributed by atoms with Crippen molar-refractivity contribution in [1.29, 1.82) is 0 Å². The van der Waals surface area contributed by atoms with Gasteiger partial charge in [-0.1, -0.05) is 25.5 Å². The van der Waals surface area contributed by atoms with Crippen LogP contribution in [0.25, 0.3) is 10.9 Å². The molecule has 1 heterocycles. The maximum atomic E-state index is 13.4.